The van der Waals surface area contributed by atoms with Gasteiger partial charge in [0.05, 0.1) is 0 Å². The van der Waals surface area contributed by atoms with Crippen LogP contribution in [0.15, 0.2) is 24.3 Å². The molecule has 0 saturated heterocycles. The minimum absolute atomic E-state index is 0.0550. The maximum atomic E-state index is 12.2. The van der Waals surface area contributed by atoms with Gasteiger partial charge in [0.2, 0.25) is 0 Å². The predicted molar refractivity (Wildman–Crippen MR) is 58.2 cm³/mol. The van der Waals surface area contributed by atoms with Gasteiger partial charge in [0.1, 0.15) is 6.04 Å². The zero-order valence-electron chi connectivity index (χ0n) is 9.22. The average molecular weight is 231 g/mol. The Labute approximate surface area is 93.5 Å². The Balaban J connectivity index is 2.61. The summed E-state index contributed by atoms with van der Waals surface area (Å²) in [7, 11) is 0. The van der Waals surface area contributed by atoms with Gasteiger partial charge in [-0.05, 0) is 30.4 Å². The summed E-state index contributed by atoms with van der Waals surface area (Å²) in [6.07, 6.45) is -3.14. The van der Waals surface area contributed by atoms with Gasteiger partial charge in [-0.1, -0.05) is 31.2 Å². The molecule has 1 atom stereocenters. The third-order valence-corrected chi connectivity index (χ3v) is 2.64. The van der Waals surface area contributed by atoms with Gasteiger partial charge < -0.3 is 5.73 Å². The molecule has 0 spiro atoms. The second kappa shape index (κ2) is 5.34. The summed E-state index contributed by atoms with van der Waals surface area (Å²) in [5, 5.41) is 0. The van der Waals surface area contributed by atoms with Crippen molar-refractivity contribution in [3.63, 3.8) is 0 Å². The van der Waals surface area contributed by atoms with Crippen LogP contribution in [0.5, 0.6) is 0 Å². The lowest BCUT2D eigenvalue weighted by Gasteiger charge is -2.16. The number of benzene rings is 1. The van der Waals surface area contributed by atoms with Crippen molar-refractivity contribution < 1.29 is 13.2 Å². The number of aryl methyl sites for hydroxylation is 2. The second-order valence-electron chi connectivity index (χ2n) is 3.81. The van der Waals surface area contributed by atoms with Crippen molar-refractivity contribution in [2.45, 2.75) is 38.4 Å². The van der Waals surface area contributed by atoms with Crippen molar-refractivity contribution in [2.75, 3.05) is 0 Å². The van der Waals surface area contributed by atoms with E-state index >= 15 is 0 Å². The maximum absolute atomic E-state index is 12.2. The van der Waals surface area contributed by atoms with Gasteiger partial charge in [0.25, 0.3) is 0 Å². The lowest BCUT2D eigenvalue weighted by molar-refractivity contribution is -0.148. The fourth-order valence-electron chi connectivity index (χ4n) is 1.62. The predicted octanol–water partition coefficient (Wildman–Crippen LogP) is 3.07. The molecule has 1 aromatic rings. The minimum atomic E-state index is -4.29. The first-order valence-corrected chi connectivity index (χ1v) is 5.34. The highest BCUT2D eigenvalue weighted by molar-refractivity contribution is 5.27. The van der Waals surface area contributed by atoms with Crippen LogP contribution in [0.25, 0.3) is 0 Å². The van der Waals surface area contributed by atoms with E-state index in [9.17, 15) is 13.2 Å². The molecule has 0 fully saturated rings. The van der Waals surface area contributed by atoms with Crippen LogP contribution in [0.1, 0.15) is 24.5 Å². The first kappa shape index (κ1) is 13.0. The summed E-state index contributed by atoms with van der Waals surface area (Å²) >= 11 is 0. The molecule has 0 aromatic heterocycles. The molecule has 2 N–H and O–H groups in total. The number of halogens is 3. The molecular formula is C12H16F3N. The van der Waals surface area contributed by atoms with Crippen LogP contribution in [0, 0.1) is 0 Å². The van der Waals surface area contributed by atoms with E-state index in [4.69, 9.17) is 5.73 Å². The third kappa shape index (κ3) is 3.52. The topological polar surface area (TPSA) is 26.0 Å². The van der Waals surface area contributed by atoms with Gasteiger partial charge in [-0.15, -0.1) is 0 Å². The normalized spacial score (nSPS) is 13.8. The standard InChI is InChI=1S/C12H16F3N/c1-2-9-5-3-4-6-10(9)7-8-11(16)12(13,14)15/h3-6,11H,2,7-8,16H2,1H3/t11-/m0/s1. The summed E-state index contributed by atoms with van der Waals surface area (Å²) in [6.45, 7) is 1.99. The smallest absolute Gasteiger partial charge is 0.320 e. The number of hydrogen-bond acceptors (Lipinski definition) is 1. The first-order valence-electron chi connectivity index (χ1n) is 5.34. The second-order valence-corrected chi connectivity index (χ2v) is 3.81. The highest BCUT2D eigenvalue weighted by Crippen LogP contribution is 2.22. The Morgan fingerprint density at radius 2 is 1.75 bits per heavy atom. The van der Waals surface area contributed by atoms with Crippen molar-refractivity contribution in [3.05, 3.63) is 35.4 Å². The average Bonchev–Trinajstić information content (AvgIpc) is 2.24. The molecule has 90 valence electrons. The minimum Gasteiger partial charge on any atom is -0.320 e. The highest BCUT2D eigenvalue weighted by atomic mass is 19.4. The molecular weight excluding hydrogens is 215 g/mol. The largest absolute Gasteiger partial charge is 0.403 e. The highest BCUT2D eigenvalue weighted by Gasteiger charge is 2.36. The third-order valence-electron chi connectivity index (χ3n) is 2.64. The van der Waals surface area contributed by atoms with Crippen molar-refractivity contribution in [1.29, 1.82) is 0 Å². The monoisotopic (exact) mass is 231 g/mol. The van der Waals surface area contributed by atoms with E-state index in [0.29, 0.717) is 6.42 Å². The van der Waals surface area contributed by atoms with Crippen LogP contribution >= 0.6 is 0 Å². The van der Waals surface area contributed by atoms with E-state index in [2.05, 4.69) is 0 Å². The van der Waals surface area contributed by atoms with Crippen LogP contribution in [0.4, 0.5) is 13.2 Å². The van der Waals surface area contributed by atoms with Crippen LogP contribution in [-0.4, -0.2) is 12.2 Å². The van der Waals surface area contributed by atoms with Gasteiger partial charge in [0, 0.05) is 0 Å². The van der Waals surface area contributed by atoms with Gasteiger partial charge in [-0.25, -0.2) is 0 Å². The summed E-state index contributed by atoms with van der Waals surface area (Å²) in [6, 6.07) is 5.81. The SMILES string of the molecule is CCc1ccccc1CC[C@H](N)C(F)(F)F. The number of rotatable bonds is 4. The van der Waals surface area contributed by atoms with E-state index in [-0.39, 0.29) is 6.42 Å². The van der Waals surface area contributed by atoms with Crippen molar-refractivity contribution >= 4 is 0 Å². The van der Waals surface area contributed by atoms with Gasteiger partial charge in [-0.3, -0.25) is 0 Å². The Bertz CT molecular complexity index is 333. The van der Waals surface area contributed by atoms with Gasteiger partial charge in [0.15, 0.2) is 0 Å². The van der Waals surface area contributed by atoms with Crippen LogP contribution in [0.3, 0.4) is 0 Å². The summed E-state index contributed by atoms with van der Waals surface area (Å²) in [5.74, 6) is 0. The van der Waals surface area contributed by atoms with E-state index in [1.165, 1.54) is 0 Å². The van der Waals surface area contributed by atoms with E-state index in [0.717, 1.165) is 17.5 Å². The molecule has 0 bridgehead atoms. The molecule has 0 heterocycles. The molecule has 16 heavy (non-hydrogen) atoms. The Hall–Kier alpha value is -1.03. The lowest BCUT2D eigenvalue weighted by Crippen LogP contribution is -2.37. The van der Waals surface area contributed by atoms with Gasteiger partial charge >= 0.3 is 6.18 Å². The molecule has 0 aliphatic carbocycles. The Morgan fingerprint density at radius 3 is 2.25 bits per heavy atom. The number of nitrogens with two attached hydrogens (primary N) is 1. The van der Waals surface area contributed by atoms with Crippen molar-refractivity contribution in [1.82, 2.24) is 0 Å². The molecule has 0 aliphatic rings. The first-order chi connectivity index (χ1) is 7.45. The Kier molecular flexibility index (Phi) is 4.35. The van der Waals surface area contributed by atoms with Crippen LogP contribution in [0.2, 0.25) is 0 Å². The zero-order chi connectivity index (χ0) is 12.2. The molecule has 0 unspecified atom stereocenters. The van der Waals surface area contributed by atoms with E-state index in [1.54, 1.807) is 0 Å². The van der Waals surface area contributed by atoms with Crippen LogP contribution in [-0.2, 0) is 12.8 Å². The molecule has 1 rings (SSSR count). The fourth-order valence-corrected chi connectivity index (χ4v) is 1.62. The van der Waals surface area contributed by atoms with E-state index < -0.39 is 12.2 Å². The van der Waals surface area contributed by atoms with Crippen molar-refractivity contribution in [3.8, 4) is 0 Å². The Morgan fingerprint density at radius 1 is 1.19 bits per heavy atom. The van der Waals surface area contributed by atoms with Crippen molar-refractivity contribution in [2.24, 2.45) is 5.73 Å². The zero-order valence-corrected chi connectivity index (χ0v) is 9.22. The molecule has 0 aliphatic heterocycles. The van der Waals surface area contributed by atoms with Gasteiger partial charge in [-0.2, -0.15) is 13.2 Å². The number of alkyl halides is 3. The fraction of sp³-hybridized carbons (Fsp3) is 0.500. The van der Waals surface area contributed by atoms with Crippen LogP contribution < -0.4 is 5.73 Å². The molecule has 0 amide bonds. The quantitative estimate of drug-likeness (QED) is 0.846. The molecule has 4 heteroatoms. The molecule has 1 nitrogen and oxygen atoms in total. The summed E-state index contributed by atoms with van der Waals surface area (Å²) in [4.78, 5) is 0. The van der Waals surface area contributed by atoms with E-state index in [1.807, 2.05) is 31.2 Å². The molecule has 0 radical (unpaired) electrons. The number of hydrogen-bond donors (Lipinski definition) is 1. The molecule has 0 saturated carbocycles. The summed E-state index contributed by atoms with van der Waals surface area (Å²) in [5.41, 5.74) is 7.12. The maximum Gasteiger partial charge on any atom is 0.403 e. The molecule has 1 aromatic carbocycles. The summed E-state index contributed by atoms with van der Waals surface area (Å²) < 4.78 is 36.6. The lowest BCUT2D eigenvalue weighted by atomic mass is 9.99.